The van der Waals surface area contributed by atoms with Crippen LogP contribution in [0, 0.1) is 11.9 Å². The van der Waals surface area contributed by atoms with Crippen LogP contribution in [0.25, 0.3) is 5.32 Å². The summed E-state index contributed by atoms with van der Waals surface area (Å²) in [6.45, 7) is 14.8. The van der Waals surface area contributed by atoms with E-state index in [-0.39, 0.29) is 64.0 Å². The molecule has 0 aromatic heterocycles. The van der Waals surface area contributed by atoms with Crippen molar-refractivity contribution in [2.24, 2.45) is 0 Å². The molecule has 2 rings (SSSR count). The number of hydrogen-bond donors (Lipinski definition) is 1. The normalized spacial score (nSPS) is 14.4. The third-order valence-electron chi connectivity index (χ3n) is 3.69. The molecule has 0 aromatic rings. The Labute approximate surface area is 231 Å². The molecule has 0 atom stereocenters. The number of halogens is 1. The molecule has 6 heteroatoms. The number of rotatable bonds is 2. The maximum absolute atomic E-state index is 4.27. The Bertz CT molecular complexity index is 119. The van der Waals surface area contributed by atoms with Gasteiger partial charge in [-0.2, -0.15) is 6.42 Å². The van der Waals surface area contributed by atoms with Crippen molar-refractivity contribution in [1.29, 1.82) is 0 Å². The van der Waals surface area contributed by atoms with Gasteiger partial charge in [0.05, 0.1) is 0 Å². The van der Waals surface area contributed by atoms with E-state index in [1.807, 2.05) is 22.6 Å². The van der Waals surface area contributed by atoms with E-state index < -0.39 is 0 Å². The molecular formula is C22H50ILi3N2. The second-order valence-electron chi connectivity index (χ2n) is 6.10. The molecule has 158 valence electrons. The fourth-order valence-electron chi connectivity index (χ4n) is 1.89. The summed E-state index contributed by atoms with van der Waals surface area (Å²) in [6, 6.07) is 0. The van der Waals surface area contributed by atoms with E-state index in [2.05, 4.69) is 43.3 Å². The van der Waals surface area contributed by atoms with Gasteiger partial charge in [-0.05, 0) is 25.9 Å². The van der Waals surface area contributed by atoms with Crippen molar-refractivity contribution in [3.8, 4) is 0 Å². The predicted octanol–water partition coefficient (Wildman–Crippen LogP) is -0.628. The first-order valence-electron chi connectivity index (χ1n) is 10.2. The van der Waals surface area contributed by atoms with Gasteiger partial charge in [0.2, 0.25) is 0 Å². The molecule has 0 aliphatic carbocycles. The molecule has 2 nitrogen and oxygen atoms in total. The number of unbranched alkanes of at least 4 members (excludes halogenated alkanes) is 2. The molecular weight excluding hydrogens is 440 g/mol. The van der Waals surface area contributed by atoms with Gasteiger partial charge in [-0.3, -0.25) is 4.93 Å². The van der Waals surface area contributed by atoms with Gasteiger partial charge in [0.25, 0.3) is 0 Å². The predicted molar refractivity (Wildman–Crippen MR) is 130 cm³/mol. The minimum Gasteiger partial charge on any atom is -0.662 e. The van der Waals surface area contributed by atoms with Crippen LogP contribution in [0.15, 0.2) is 0 Å². The van der Waals surface area contributed by atoms with E-state index in [1.54, 1.807) is 0 Å². The average molecular weight is 490 g/mol. The average Bonchev–Trinajstić information content (AvgIpc) is 3.14. The Kier molecular flexibility index (Phi) is 97.7. The van der Waals surface area contributed by atoms with Crippen LogP contribution in [0.4, 0.5) is 0 Å². The molecule has 0 spiro atoms. The Morgan fingerprint density at radius 1 is 0.679 bits per heavy atom. The van der Waals surface area contributed by atoms with E-state index in [0.29, 0.717) is 0 Å². The quantitative estimate of drug-likeness (QED) is 0.312. The van der Waals surface area contributed by atoms with Crippen molar-refractivity contribution in [1.82, 2.24) is 5.32 Å². The van der Waals surface area contributed by atoms with Crippen LogP contribution in [0.2, 0.25) is 0 Å². The fraction of sp³-hybridized carbons (Fsp3) is 0.909. The van der Waals surface area contributed by atoms with E-state index in [0.717, 1.165) is 19.5 Å². The van der Waals surface area contributed by atoms with Gasteiger partial charge in [0, 0.05) is 0 Å². The van der Waals surface area contributed by atoms with Crippen molar-refractivity contribution in [2.75, 3.05) is 26.2 Å². The summed E-state index contributed by atoms with van der Waals surface area (Å²) in [4.78, 5) is 3.22. The summed E-state index contributed by atoms with van der Waals surface area (Å²) < 4.78 is 0. The van der Waals surface area contributed by atoms with E-state index in [9.17, 15) is 0 Å². The molecule has 1 N–H and O–H groups in total. The van der Waals surface area contributed by atoms with Crippen molar-refractivity contribution < 1.29 is 56.6 Å². The number of nitrogens with one attached hydrogen (secondary N) is 1. The Morgan fingerprint density at radius 3 is 1.29 bits per heavy atom. The van der Waals surface area contributed by atoms with Crippen LogP contribution in [0.5, 0.6) is 0 Å². The van der Waals surface area contributed by atoms with E-state index >= 15 is 0 Å². The molecule has 0 bridgehead atoms. The zero-order chi connectivity index (χ0) is 18.7. The zero-order valence-electron chi connectivity index (χ0n) is 20.1. The second-order valence-corrected chi connectivity index (χ2v) is 6.10. The van der Waals surface area contributed by atoms with Crippen LogP contribution in [0.1, 0.15) is 105 Å². The summed E-state index contributed by atoms with van der Waals surface area (Å²) in [5, 5.41) is 7.62. The molecule has 0 aromatic carbocycles. The van der Waals surface area contributed by atoms with E-state index in [4.69, 9.17) is 0 Å². The van der Waals surface area contributed by atoms with Crippen molar-refractivity contribution >= 4 is 22.6 Å². The van der Waals surface area contributed by atoms with E-state index in [1.165, 1.54) is 83.7 Å². The summed E-state index contributed by atoms with van der Waals surface area (Å²) in [7, 11) is 0. The Hall–Kier alpha value is 2.44. The van der Waals surface area contributed by atoms with Crippen LogP contribution in [-0.4, -0.2) is 26.2 Å². The zero-order valence-corrected chi connectivity index (χ0v) is 22.2. The summed E-state index contributed by atoms with van der Waals surface area (Å²) in [5.41, 5.74) is 0. The first-order valence-corrected chi connectivity index (χ1v) is 11.8. The Morgan fingerprint density at radius 2 is 1.00 bits per heavy atom. The van der Waals surface area contributed by atoms with Crippen LogP contribution >= 0.6 is 22.6 Å². The SMILES string of the molecule is C.C1CCCNCC1.C1CCC[N-]CC1.CCCC.[CH2-]CCC.[CH2-]I.[Li+].[Li+].[Li+]. The third-order valence-corrected chi connectivity index (χ3v) is 3.69. The Balaban J connectivity index is -0.0000000401. The standard InChI is InChI=1S/C6H13N.C6H12N.C4H10.C4H9.CH2I.CH4.3Li/c2*1-2-4-6-7-5-3-1;2*1-3-4-2;1-2;;;;/h7H,1-6H2;1-6H2;3-4H2,1-2H3;1,3-4H2,2H3;1H2;1H4;;;/q;-1;;2*-1;;3*+1. The van der Waals surface area contributed by atoms with Crippen molar-refractivity contribution in [3.05, 3.63) is 17.2 Å². The molecule has 0 radical (unpaired) electrons. The molecule has 28 heavy (non-hydrogen) atoms. The minimum atomic E-state index is 0. The van der Waals surface area contributed by atoms with Gasteiger partial charge in [0.1, 0.15) is 0 Å². The van der Waals surface area contributed by atoms with Gasteiger partial charge >= 0.3 is 56.6 Å². The van der Waals surface area contributed by atoms with Crippen LogP contribution < -0.4 is 61.9 Å². The van der Waals surface area contributed by atoms with Gasteiger partial charge in [-0.15, -0.1) is 13.1 Å². The molecule has 2 fully saturated rings. The fourth-order valence-corrected chi connectivity index (χ4v) is 1.89. The topological polar surface area (TPSA) is 26.1 Å². The maximum atomic E-state index is 4.27. The van der Waals surface area contributed by atoms with Crippen LogP contribution in [-0.2, 0) is 0 Å². The van der Waals surface area contributed by atoms with Gasteiger partial charge in [-0.25, -0.2) is 0 Å². The number of hydrogen-bond acceptors (Lipinski definition) is 1. The first kappa shape index (κ1) is 48.0. The molecule has 0 saturated carbocycles. The monoisotopic (exact) mass is 490 g/mol. The second kappa shape index (κ2) is 57.0. The van der Waals surface area contributed by atoms with Gasteiger partial charge < -0.3 is 40.1 Å². The van der Waals surface area contributed by atoms with Crippen molar-refractivity contribution in [3.63, 3.8) is 0 Å². The molecule has 2 heterocycles. The first-order chi connectivity index (χ1) is 11.8. The molecule has 2 saturated heterocycles. The molecule has 2 aliphatic rings. The summed E-state index contributed by atoms with van der Waals surface area (Å²) in [5.74, 6) is 0. The molecule has 0 unspecified atom stereocenters. The summed E-state index contributed by atoms with van der Waals surface area (Å²) in [6.07, 6.45) is 16.0. The molecule has 2 aliphatic heterocycles. The number of nitrogens with zero attached hydrogens (tertiary/aromatic N) is 1. The van der Waals surface area contributed by atoms with Crippen LogP contribution in [0.3, 0.4) is 0 Å². The minimum absolute atomic E-state index is 0. The van der Waals surface area contributed by atoms with Crippen molar-refractivity contribution in [2.45, 2.75) is 105 Å². The van der Waals surface area contributed by atoms with Gasteiger partial charge in [-0.1, -0.05) is 86.0 Å². The van der Waals surface area contributed by atoms with Gasteiger partial charge in [0.15, 0.2) is 0 Å². The summed E-state index contributed by atoms with van der Waals surface area (Å²) >= 11 is 1.90. The smallest absolute Gasteiger partial charge is 0.662 e. The largest absolute Gasteiger partial charge is 1.00 e. The third kappa shape index (κ3) is 63.0. The maximum Gasteiger partial charge on any atom is 1.00 e. The molecule has 0 amide bonds.